The fraction of sp³-hybridized carbons (Fsp3) is 0.250. The summed E-state index contributed by atoms with van der Waals surface area (Å²) >= 11 is 0. The second kappa shape index (κ2) is 4.61. The number of aromatic amines is 1. The van der Waals surface area contributed by atoms with E-state index in [1.807, 2.05) is 45.0 Å². The van der Waals surface area contributed by atoms with E-state index in [1.165, 1.54) is 0 Å². The Kier molecular flexibility index (Phi) is 3.46. The Labute approximate surface area is 85.1 Å². The number of rotatable bonds is 0. The molecule has 0 atom stereocenters. The topological polar surface area (TPSA) is 32.9 Å². The van der Waals surface area contributed by atoms with Gasteiger partial charge in [-0.2, -0.15) is 0 Å². The Hall–Kier alpha value is -1.57. The second-order valence-electron chi connectivity index (χ2n) is 2.85. The number of hydrogen-bond acceptors (Lipinski definition) is 1. The van der Waals surface area contributed by atoms with Crippen molar-refractivity contribution in [2.24, 2.45) is 0 Å². The molecular formula is C12H17NO. The molecule has 0 fully saturated rings. The molecule has 1 N–H and O–H groups in total. The molecule has 76 valence electrons. The molecule has 0 bridgehead atoms. The van der Waals surface area contributed by atoms with Crippen LogP contribution >= 0.6 is 0 Å². The highest BCUT2D eigenvalue weighted by molar-refractivity contribution is 5.84. The lowest BCUT2D eigenvalue weighted by Gasteiger charge is -1.98. The molecule has 0 unspecified atom stereocenters. The van der Waals surface area contributed by atoms with Crippen molar-refractivity contribution in [1.29, 1.82) is 0 Å². The largest absolute Gasteiger partial charge is 0.328 e. The van der Waals surface area contributed by atoms with Gasteiger partial charge in [0.15, 0.2) is 0 Å². The molecule has 2 aromatic rings. The van der Waals surface area contributed by atoms with E-state index < -0.39 is 0 Å². The maximum Gasteiger partial charge on any atom is 0.255 e. The number of aryl methyl sites for hydroxylation is 1. The Morgan fingerprint density at radius 2 is 1.71 bits per heavy atom. The Bertz CT molecular complexity index is 476. The van der Waals surface area contributed by atoms with Gasteiger partial charge in [-0.15, -0.1) is 0 Å². The molecule has 0 aliphatic heterocycles. The number of benzene rings is 1. The standard InChI is InChI=1S/C10H9NO.C2H6.H2/c1-7-6-11-10(12)9-5-3-2-4-8(7)9;1-2;/h2-6H,1H3,(H,11,12);1-2H3;1H. The van der Waals surface area contributed by atoms with E-state index in [-0.39, 0.29) is 6.99 Å². The first-order valence-corrected chi connectivity index (χ1v) is 4.86. The van der Waals surface area contributed by atoms with Crippen LogP contribution in [0.2, 0.25) is 0 Å². The molecular weight excluding hydrogens is 174 g/mol. The first-order chi connectivity index (χ1) is 6.79. The summed E-state index contributed by atoms with van der Waals surface area (Å²) in [4.78, 5) is 14.0. The van der Waals surface area contributed by atoms with Gasteiger partial charge < -0.3 is 4.98 Å². The van der Waals surface area contributed by atoms with Crippen molar-refractivity contribution in [3.8, 4) is 0 Å². The predicted molar refractivity (Wildman–Crippen MR) is 62.8 cm³/mol. The van der Waals surface area contributed by atoms with Gasteiger partial charge >= 0.3 is 0 Å². The number of pyridine rings is 1. The van der Waals surface area contributed by atoms with Crippen LogP contribution in [0.4, 0.5) is 0 Å². The third-order valence-electron chi connectivity index (χ3n) is 2.02. The minimum absolute atomic E-state index is 0. The predicted octanol–water partition coefficient (Wildman–Crippen LogP) is 3.11. The number of nitrogens with one attached hydrogen (secondary N) is 1. The average molecular weight is 191 g/mol. The first-order valence-electron chi connectivity index (χ1n) is 4.86. The lowest BCUT2D eigenvalue weighted by atomic mass is 10.1. The maximum absolute atomic E-state index is 11.3. The summed E-state index contributed by atoms with van der Waals surface area (Å²) in [5.41, 5.74) is 1.08. The highest BCUT2D eigenvalue weighted by Crippen LogP contribution is 2.11. The highest BCUT2D eigenvalue weighted by atomic mass is 16.1. The molecule has 0 aliphatic carbocycles. The molecule has 0 saturated carbocycles. The molecule has 0 amide bonds. The van der Waals surface area contributed by atoms with Gasteiger partial charge in [0, 0.05) is 13.0 Å². The van der Waals surface area contributed by atoms with Gasteiger partial charge in [0.2, 0.25) is 0 Å². The number of aromatic nitrogens is 1. The molecule has 0 aliphatic rings. The number of hydrogen-bond donors (Lipinski definition) is 1. The molecule has 1 aromatic carbocycles. The van der Waals surface area contributed by atoms with Crippen LogP contribution in [0.15, 0.2) is 35.3 Å². The van der Waals surface area contributed by atoms with Gasteiger partial charge in [-0.3, -0.25) is 4.79 Å². The van der Waals surface area contributed by atoms with Crippen molar-refractivity contribution in [3.63, 3.8) is 0 Å². The number of H-pyrrole nitrogens is 1. The van der Waals surface area contributed by atoms with Gasteiger partial charge in [0.25, 0.3) is 5.56 Å². The van der Waals surface area contributed by atoms with Crippen molar-refractivity contribution in [2.45, 2.75) is 20.8 Å². The molecule has 2 heteroatoms. The molecule has 1 heterocycles. The van der Waals surface area contributed by atoms with Crippen LogP contribution in [0.5, 0.6) is 0 Å². The summed E-state index contributed by atoms with van der Waals surface area (Å²) in [6.45, 7) is 5.98. The normalized spacial score (nSPS) is 9.36. The van der Waals surface area contributed by atoms with E-state index >= 15 is 0 Å². The molecule has 14 heavy (non-hydrogen) atoms. The van der Waals surface area contributed by atoms with Crippen molar-refractivity contribution < 1.29 is 1.43 Å². The van der Waals surface area contributed by atoms with Crippen LogP contribution in [0, 0.1) is 6.92 Å². The summed E-state index contributed by atoms with van der Waals surface area (Å²) < 4.78 is 0. The van der Waals surface area contributed by atoms with Gasteiger partial charge in [0.1, 0.15) is 0 Å². The summed E-state index contributed by atoms with van der Waals surface area (Å²) in [7, 11) is 0. The van der Waals surface area contributed by atoms with Crippen LogP contribution < -0.4 is 5.56 Å². The third-order valence-corrected chi connectivity index (χ3v) is 2.02. The molecule has 0 saturated heterocycles. The average Bonchev–Trinajstić information content (AvgIpc) is 2.27. The lowest BCUT2D eigenvalue weighted by molar-refractivity contribution is 1.24. The Morgan fingerprint density at radius 3 is 2.29 bits per heavy atom. The summed E-state index contributed by atoms with van der Waals surface area (Å²) in [5, 5.41) is 1.79. The fourth-order valence-electron chi connectivity index (χ4n) is 1.35. The van der Waals surface area contributed by atoms with E-state index in [2.05, 4.69) is 4.98 Å². The molecule has 0 spiro atoms. The van der Waals surface area contributed by atoms with Crippen molar-refractivity contribution in [3.05, 3.63) is 46.4 Å². The van der Waals surface area contributed by atoms with Gasteiger partial charge in [0.05, 0.1) is 0 Å². The van der Waals surface area contributed by atoms with E-state index in [4.69, 9.17) is 0 Å². The monoisotopic (exact) mass is 191 g/mol. The fourth-order valence-corrected chi connectivity index (χ4v) is 1.35. The zero-order valence-electron chi connectivity index (χ0n) is 8.79. The van der Waals surface area contributed by atoms with E-state index in [0.717, 1.165) is 16.3 Å². The van der Waals surface area contributed by atoms with Crippen molar-refractivity contribution >= 4 is 10.8 Å². The number of fused-ring (bicyclic) bond motifs is 1. The van der Waals surface area contributed by atoms with E-state index in [9.17, 15) is 4.79 Å². The van der Waals surface area contributed by atoms with Crippen LogP contribution in [-0.4, -0.2) is 4.98 Å². The molecule has 0 radical (unpaired) electrons. The Morgan fingerprint density at radius 1 is 1.14 bits per heavy atom. The molecule has 1 aromatic heterocycles. The zero-order chi connectivity index (χ0) is 10.6. The molecule has 2 nitrogen and oxygen atoms in total. The van der Waals surface area contributed by atoms with Gasteiger partial charge in [-0.05, 0) is 23.9 Å². The minimum Gasteiger partial charge on any atom is -0.328 e. The first kappa shape index (κ1) is 10.5. The van der Waals surface area contributed by atoms with Crippen LogP contribution in [-0.2, 0) is 0 Å². The summed E-state index contributed by atoms with van der Waals surface area (Å²) in [6, 6.07) is 7.60. The SMILES string of the molecule is CC.Cc1c[nH]c(=O)c2ccccc12.[HH]. The van der Waals surface area contributed by atoms with E-state index in [1.54, 1.807) is 6.20 Å². The van der Waals surface area contributed by atoms with Gasteiger partial charge in [-0.25, -0.2) is 0 Å². The molecule has 2 rings (SSSR count). The second-order valence-corrected chi connectivity index (χ2v) is 2.85. The summed E-state index contributed by atoms with van der Waals surface area (Å²) in [6.07, 6.45) is 1.74. The zero-order valence-corrected chi connectivity index (χ0v) is 8.79. The Balaban J connectivity index is 0.000000617. The minimum atomic E-state index is -0.0174. The van der Waals surface area contributed by atoms with Crippen LogP contribution in [0.1, 0.15) is 20.8 Å². The van der Waals surface area contributed by atoms with Crippen molar-refractivity contribution in [1.82, 2.24) is 4.98 Å². The highest BCUT2D eigenvalue weighted by Gasteiger charge is 1.98. The van der Waals surface area contributed by atoms with E-state index in [0.29, 0.717) is 0 Å². The third kappa shape index (κ3) is 1.84. The lowest BCUT2D eigenvalue weighted by Crippen LogP contribution is -2.05. The smallest absolute Gasteiger partial charge is 0.255 e. The summed E-state index contributed by atoms with van der Waals surface area (Å²) in [5.74, 6) is 0. The quantitative estimate of drug-likeness (QED) is 0.682. The van der Waals surface area contributed by atoms with Crippen LogP contribution in [0.25, 0.3) is 10.8 Å². The van der Waals surface area contributed by atoms with Gasteiger partial charge in [-0.1, -0.05) is 32.0 Å². The van der Waals surface area contributed by atoms with Crippen LogP contribution in [0.3, 0.4) is 0 Å². The maximum atomic E-state index is 11.3. The van der Waals surface area contributed by atoms with Crippen molar-refractivity contribution in [2.75, 3.05) is 0 Å².